The average Bonchev–Trinajstić information content (AvgIpc) is 2.48. The molecule has 1 aliphatic carbocycles. The summed E-state index contributed by atoms with van der Waals surface area (Å²) in [6.45, 7) is 2.10. The number of hydrogen-bond acceptors (Lipinski definition) is 1. The Morgan fingerprint density at radius 2 is 2.11 bits per heavy atom. The van der Waals surface area contributed by atoms with Gasteiger partial charge in [-0.05, 0) is 67.7 Å². The lowest BCUT2D eigenvalue weighted by Gasteiger charge is -2.38. The van der Waals surface area contributed by atoms with Gasteiger partial charge in [0.15, 0.2) is 0 Å². The predicted octanol–water partition coefficient (Wildman–Crippen LogP) is 3.88. The second-order valence-electron chi connectivity index (χ2n) is 5.86. The predicted molar refractivity (Wildman–Crippen MR) is 76.6 cm³/mol. The van der Waals surface area contributed by atoms with Gasteiger partial charge < -0.3 is 5.32 Å². The summed E-state index contributed by atoms with van der Waals surface area (Å²) in [4.78, 5) is 0. The van der Waals surface area contributed by atoms with E-state index in [-0.39, 0.29) is 5.82 Å². The van der Waals surface area contributed by atoms with Crippen LogP contribution in [0.4, 0.5) is 4.39 Å². The second kappa shape index (κ2) is 5.87. The summed E-state index contributed by atoms with van der Waals surface area (Å²) in [5.74, 6) is 1.85. The van der Waals surface area contributed by atoms with Crippen molar-refractivity contribution in [2.45, 2.75) is 31.6 Å². The van der Waals surface area contributed by atoms with Gasteiger partial charge in [-0.1, -0.05) is 24.3 Å². The molecule has 0 spiro atoms. The molecule has 0 radical (unpaired) electrons. The molecule has 1 heterocycles. The van der Waals surface area contributed by atoms with E-state index in [4.69, 9.17) is 0 Å². The first-order chi connectivity index (χ1) is 9.34. The molecule has 19 heavy (non-hydrogen) atoms. The number of benzene rings is 1. The summed E-state index contributed by atoms with van der Waals surface area (Å²) in [5.41, 5.74) is 1.17. The third-order valence-electron chi connectivity index (χ3n) is 4.73. The van der Waals surface area contributed by atoms with Crippen LogP contribution in [0, 0.1) is 17.7 Å². The van der Waals surface area contributed by atoms with Gasteiger partial charge in [-0.2, -0.15) is 0 Å². The molecule has 1 aromatic carbocycles. The number of rotatable bonds is 2. The number of nitrogens with one attached hydrogen (secondary N) is 1. The highest BCUT2D eigenvalue weighted by Crippen LogP contribution is 2.39. The minimum absolute atomic E-state index is 0.106. The van der Waals surface area contributed by atoms with Crippen molar-refractivity contribution < 1.29 is 4.39 Å². The normalized spacial score (nSPS) is 31.3. The zero-order valence-corrected chi connectivity index (χ0v) is 11.3. The summed E-state index contributed by atoms with van der Waals surface area (Å²) in [6, 6.07) is 7.20. The number of allylic oxidation sites excluding steroid dienone is 2. The fourth-order valence-corrected chi connectivity index (χ4v) is 3.75. The molecule has 1 aliphatic heterocycles. The zero-order valence-electron chi connectivity index (χ0n) is 11.3. The smallest absolute Gasteiger partial charge is 0.123 e. The van der Waals surface area contributed by atoms with Gasteiger partial charge in [-0.3, -0.25) is 0 Å². The van der Waals surface area contributed by atoms with Crippen molar-refractivity contribution >= 4 is 0 Å². The van der Waals surface area contributed by atoms with Crippen LogP contribution in [0.25, 0.3) is 0 Å². The maximum atomic E-state index is 13.5. The summed E-state index contributed by atoms with van der Waals surface area (Å²) in [5, 5.41) is 3.48. The Kier molecular flexibility index (Phi) is 3.97. The maximum absolute atomic E-state index is 13.5. The molecule has 0 amide bonds. The fourth-order valence-electron chi connectivity index (χ4n) is 3.75. The van der Waals surface area contributed by atoms with Crippen molar-refractivity contribution in [1.82, 2.24) is 5.32 Å². The average molecular weight is 259 g/mol. The lowest BCUT2D eigenvalue weighted by molar-refractivity contribution is 0.211. The van der Waals surface area contributed by atoms with Crippen LogP contribution in [0.2, 0.25) is 0 Å². The molecule has 1 N–H and O–H groups in total. The van der Waals surface area contributed by atoms with E-state index < -0.39 is 0 Å². The van der Waals surface area contributed by atoms with Crippen molar-refractivity contribution in [3.05, 3.63) is 47.8 Å². The van der Waals surface area contributed by atoms with E-state index in [1.165, 1.54) is 37.3 Å². The number of piperidine rings is 1. The van der Waals surface area contributed by atoms with E-state index in [0.717, 1.165) is 19.0 Å². The minimum atomic E-state index is -0.106. The van der Waals surface area contributed by atoms with Gasteiger partial charge in [0.2, 0.25) is 0 Å². The Hall–Kier alpha value is -1.15. The molecule has 1 aromatic rings. The Morgan fingerprint density at radius 3 is 2.89 bits per heavy atom. The third kappa shape index (κ3) is 2.89. The number of halogens is 1. The van der Waals surface area contributed by atoms with Gasteiger partial charge >= 0.3 is 0 Å². The van der Waals surface area contributed by atoms with Crippen molar-refractivity contribution in [3.8, 4) is 0 Å². The van der Waals surface area contributed by atoms with Gasteiger partial charge in [0, 0.05) is 6.54 Å². The van der Waals surface area contributed by atoms with Gasteiger partial charge in [-0.15, -0.1) is 0 Å². The molecular formula is C17H22FN. The summed E-state index contributed by atoms with van der Waals surface area (Å²) in [7, 11) is 0. The summed E-state index contributed by atoms with van der Waals surface area (Å²) < 4.78 is 13.5. The monoisotopic (exact) mass is 259 g/mol. The molecule has 3 unspecified atom stereocenters. The summed E-state index contributed by atoms with van der Waals surface area (Å²) >= 11 is 0. The zero-order chi connectivity index (χ0) is 13.1. The van der Waals surface area contributed by atoms with Crippen LogP contribution in [0.15, 0.2) is 36.4 Å². The van der Waals surface area contributed by atoms with E-state index in [1.54, 1.807) is 6.07 Å². The molecule has 0 aromatic heterocycles. The van der Waals surface area contributed by atoms with E-state index in [2.05, 4.69) is 23.5 Å². The second-order valence-corrected chi connectivity index (χ2v) is 5.86. The lowest BCUT2D eigenvalue weighted by atomic mass is 9.70. The molecule has 3 rings (SSSR count). The topological polar surface area (TPSA) is 12.0 Å². The Balaban J connectivity index is 1.82. The van der Waals surface area contributed by atoms with Crippen LogP contribution in [0.3, 0.4) is 0 Å². The Bertz CT molecular complexity index is 454. The molecule has 2 heteroatoms. The molecule has 0 saturated carbocycles. The Morgan fingerprint density at radius 1 is 1.16 bits per heavy atom. The van der Waals surface area contributed by atoms with Gasteiger partial charge in [-0.25, -0.2) is 4.39 Å². The van der Waals surface area contributed by atoms with E-state index in [0.29, 0.717) is 11.8 Å². The molecule has 1 nitrogen and oxygen atoms in total. The van der Waals surface area contributed by atoms with Crippen molar-refractivity contribution in [2.24, 2.45) is 11.8 Å². The van der Waals surface area contributed by atoms with Gasteiger partial charge in [0.25, 0.3) is 0 Å². The highest BCUT2D eigenvalue weighted by atomic mass is 19.1. The van der Waals surface area contributed by atoms with E-state index >= 15 is 0 Å². The number of hydrogen-bond donors (Lipinski definition) is 1. The lowest BCUT2D eigenvalue weighted by Crippen LogP contribution is -2.38. The van der Waals surface area contributed by atoms with E-state index in [9.17, 15) is 4.39 Å². The van der Waals surface area contributed by atoms with Crippen LogP contribution in [0.1, 0.15) is 37.2 Å². The SMILES string of the molecule is Fc1cccc(C2CNCCC2C2CC=CCC2)c1. The van der Waals surface area contributed by atoms with E-state index in [1.807, 2.05) is 6.07 Å². The van der Waals surface area contributed by atoms with Crippen LogP contribution in [-0.4, -0.2) is 13.1 Å². The first-order valence-electron chi connectivity index (χ1n) is 7.46. The van der Waals surface area contributed by atoms with Crippen molar-refractivity contribution in [3.63, 3.8) is 0 Å². The fraction of sp³-hybridized carbons (Fsp3) is 0.529. The highest BCUT2D eigenvalue weighted by molar-refractivity contribution is 5.23. The van der Waals surface area contributed by atoms with Crippen molar-refractivity contribution in [1.29, 1.82) is 0 Å². The molecule has 3 atom stereocenters. The maximum Gasteiger partial charge on any atom is 0.123 e. The molecule has 102 valence electrons. The molecule has 2 aliphatic rings. The van der Waals surface area contributed by atoms with Crippen molar-refractivity contribution in [2.75, 3.05) is 13.1 Å². The molecule has 0 bridgehead atoms. The molecule has 1 saturated heterocycles. The molecular weight excluding hydrogens is 237 g/mol. The Labute approximate surface area is 114 Å². The standard InChI is InChI=1S/C17H22FN/c18-15-8-4-7-14(11-15)17-12-19-10-9-16(17)13-5-2-1-3-6-13/h1-2,4,7-8,11,13,16-17,19H,3,5-6,9-10,12H2. The first-order valence-corrected chi connectivity index (χ1v) is 7.46. The van der Waals surface area contributed by atoms with Crippen LogP contribution < -0.4 is 5.32 Å². The molecule has 1 fully saturated rings. The van der Waals surface area contributed by atoms with Gasteiger partial charge in [0.1, 0.15) is 5.82 Å². The van der Waals surface area contributed by atoms with Gasteiger partial charge in [0.05, 0.1) is 0 Å². The minimum Gasteiger partial charge on any atom is -0.316 e. The first kappa shape index (κ1) is 12.9. The largest absolute Gasteiger partial charge is 0.316 e. The third-order valence-corrected chi connectivity index (χ3v) is 4.73. The quantitative estimate of drug-likeness (QED) is 0.795. The van der Waals surface area contributed by atoms with Crippen LogP contribution in [-0.2, 0) is 0 Å². The van der Waals surface area contributed by atoms with Crippen LogP contribution >= 0.6 is 0 Å². The highest BCUT2D eigenvalue weighted by Gasteiger charge is 2.32. The summed E-state index contributed by atoms with van der Waals surface area (Å²) in [6.07, 6.45) is 9.57. The van der Waals surface area contributed by atoms with Crippen LogP contribution in [0.5, 0.6) is 0 Å².